The van der Waals surface area contributed by atoms with Crippen LogP contribution >= 0.6 is 11.6 Å². The van der Waals surface area contributed by atoms with Crippen LogP contribution in [0.3, 0.4) is 0 Å². The van der Waals surface area contributed by atoms with Gasteiger partial charge in [-0.2, -0.15) is 0 Å². The minimum absolute atomic E-state index is 0.191. The average Bonchev–Trinajstić information content (AvgIpc) is 2.26. The third kappa shape index (κ3) is 2.63. The Kier molecular flexibility index (Phi) is 3.47. The van der Waals surface area contributed by atoms with Gasteiger partial charge < -0.3 is 5.32 Å². The third-order valence-corrected chi connectivity index (χ3v) is 3.21. The maximum Gasteiger partial charge on any atom is 0.164 e. The fourth-order valence-electron chi connectivity index (χ4n) is 2.08. The zero-order valence-corrected chi connectivity index (χ0v) is 9.36. The predicted octanol–water partition coefficient (Wildman–Crippen LogP) is 4.22. The van der Waals surface area contributed by atoms with E-state index >= 15 is 0 Å². The Bertz CT molecular complexity index is 334. The second-order valence-electron chi connectivity index (χ2n) is 4.08. The molecule has 1 aromatic rings. The highest BCUT2D eigenvalue weighted by Crippen LogP contribution is 2.26. The molecule has 15 heavy (non-hydrogen) atoms. The van der Waals surface area contributed by atoms with Gasteiger partial charge in [-0.15, -0.1) is 0 Å². The molecule has 1 N–H and O–H groups in total. The van der Waals surface area contributed by atoms with Crippen LogP contribution < -0.4 is 5.32 Å². The minimum atomic E-state index is -0.329. The maximum absolute atomic E-state index is 13.6. The van der Waals surface area contributed by atoms with E-state index in [-0.39, 0.29) is 10.8 Å². The summed E-state index contributed by atoms with van der Waals surface area (Å²) in [5.41, 5.74) is 0.536. The SMILES string of the molecule is Fc1c(Cl)cccc1NC1CCCCC1. The highest BCUT2D eigenvalue weighted by molar-refractivity contribution is 6.31. The second kappa shape index (κ2) is 4.84. The van der Waals surface area contributed by atoms with Crippen molar-refractivity contribution in [3.05, 3.63) is 29.0 Å². The molecule has 0 atom stereocenters. The van der Waals surface area contributed by atoms with Gasteiger partial charge in [-0.3, -0.25) is 0 Å². The van der Waals surface area contributed by atoms with Gasteiger partial charge in [0.15, 0.2) is 5.82 Å². The first-order valence-electron chi connectivity index (χ1n) is 5.48. The molecule has 0 bridgehead atoms. The molecule has 0 radical (unpaired) electrons. The normalized spacial score (nSPS) is 17.7. The molecule has 82 valence electrons. The maximum atomic E-state index is 13.6. The van der Waals surface area contributed by atoms with Crippen LogP contribution in [0.25, 0.3) is 0 Å². The number of nitrogens with one attached hydrogen (secondary N) is 1. The number of benzene rings is 1. The van der Waals surface area contributed by atoms with Crippen LogP contribution in [0, 0.1) is 5.82 Å². The van der Waals surface area contributed by atoms with Crippen LogP contribution in [0.15, 0.2) is 18.2 Å². The van der Waals surface area contributed by atoms with Crippen molar-refractivity contribution in [1.29, 1.82) is 0 Å². The van der Waals surface area contributed by atoms with E-state index in [0.717, 1.165) is 12.8 Å². The Balaban J connectivity index is 2.06. The minimum Gasteiger partial charge on any atom is -0.380 e. The Morgan fingerprint density at radius 1 is 1.20 bits per heavy atom. The van der Waals surface area contributed by atoms with E-state index in [9.17, 15) is 4.39 Å². The lowest BCUT2D eigenvalue weighted by Gasteiger charge is -2.24. The van der Waals surface area contributed by atoms with E-state index in [1.807, 2.05) is 0 Å². The quantitative estimate of drug-likeness (QED) is 0.798. The third-order valence-electron chi connectivity index (χ3n) is 2.92. The summed E-state index contributed by atoms with van der Waals surface area (Å²) >= 11 is 5.72. The topological polar surface area (TPSA) is 12.0 Å². The van der Waals surface area contributed by atoms with Gasteiger partial charge in [0.1, 0.15) is 0 Å². The van der Waals surface area contributed by atoms with Crippen LogP contribution in [0.5, 0.6) is 0 Å². The van der Waals surface area contributed by atoms with Crippen molar-refractivity contribution in [2.75, 3.05) is 5.32 Å². The number of hydrogen-bond donors (Lipinski definition) is 1. The van der Waals surface area contributed by atoms with Crippen LogP contribution in [0.4, 0.5) is 10.1 Å². The molecule has 1 aliphatic rings. The molecule has 0 saturated heterocycles. The van der Waals surface area contributed by atoms with E-state index in [0.29, 0.717) is 11.7 Å². The zero-order valence-electron chi connectivity index (χ0n) is 8.60. The van der Waals surface area contributed by atoms with Gasteiger partial charge in [-0.25, -0.2) is 4.39 Å². The van der Waals surface area contributed by atoms with Crippen molar-refractivity contribution < 1.29 is 4.39 Å². The second-order valence-corrected chi connectivity index (χ2v) is 4.49. The summed E-state index contributed by atoms with van der Waals surface area (Å²) in [7, 11) is 0. The number of hydrogen-bond acceptors (Lipinski definition) is 1. The smallest absolute Gasteiger partial charge is 0.164 e. The highest BCUT2D eigenvalue weighted by Gasteiger charge is 2.15. The molecular formula is C12H15ClFN. The van der Waals surface area contributed by atoms with Gasteiger partial charge in [0.25, 0.3) is 0 Å². The molecule has 1 fully saturated rings. The van der Waals surface area contributed by atoms with Gasteiger partial charge in [0, 0.05) is 6.04 Å². The van der Waals surface area contributed by atoms with Crippen LogP contribution in [-0.2, 0) is 0 Å². The highest BCUT2D eigenvalue weighted by atomic mass is 35.5. The van der Waals surface area contributed by atoms with Crippen molar-refractivity contribution >= 4 is 17.3 Å². The van der Waals surface area contributed by atoms with E-state index in [2.05, 4.69) is 5.32 Å². The molecule has 0 spiro atoms. The Hall–Kier alpha value is -0.760. The molecule has 1 aromatic carbocycles. The monoisotopic (exact) mass is 227 g/mol. The first-order valence-corrected chi connectivity index (χ1v) is 5.86. The van der Waals surface area contributed by atoms with E-state index in [1.165, 1.54) is 19.3 Å². The van der Waals surface area contributed by atoms with Crippen LogP contribution in [0.1, 0.15) is 32.1 Å². The summed E-state index contributed by atoms with van der Waals surface area (Å²) in [5.74, 6) is -0.329. The number of halogens is 2. The number of anilines is 1. The summed E-state index contributed by atoms with van der Waals surface area (Å²) in [6, 6.07) is 5.50. The molecule has 1 aliphatic carbocycles. The van der Waals surface area contributed by atoms with Crippen LogP contribution in [0.2, 0.25) is 5.02 Å². The molecule has 0 amide bonds. The van der Waals surface area contributed by atoms with E-state index in [1.54, 1.807) is 18.2 Å². The molecule has 0 unspecified atom stereocenters. The lowest BCUT2D eigenvalue weighted by Crippen LogP contribution is -2.22. The van der Waals surface area contributed by atoms with Crippen molar-refractivity contribution in [3.63, 3.8) is 0 Å². The van der Waals surface area contributed by atoms with Gasteiger partial charge in [-0.1, -0.05) is 36.9 Å². The van der Waals surface area contributed by atoms with E-state index < -0.39 is 0 Å². The molecular weight excluding hydrogens is 213 g/mol. The Morgan fingerprint density at radius 3 is 2.67 bits per heavy atom. The van der Waals surface area contributed by atoms with Gasteiger partial charge >= 0.3 is 0 Å². The van der Waals surface area contributed by atoms with Crippen molar-refractivity contribution in [3.8, 4) is 0 Å². The molecule has 0 heterocycles. The molecule has 2 rings (SSSR count). The molecule has 3 heteroatoms. The first-order chi connectivity index (χ1) is 7.27. The lowest BCUT2D eigenvalue weighted by molar-refractivity contribution is 0.460. The Morgan fingerprint density at radius 2 is 1.93 bits per heavy atom. The summed E-state index contributed by atoms with van der Waals surface area (Å²) in [4.78, 5) is 0. The Labute approximate surface area is 94.6 Å². The standard InChI is InChI=1S/C12H15ClFN/c13-10-7-4-8-11(12(10)14)15-9-5-2-1-3-6-9/h4,7-9,15H,1-3,5-6H2. The summed E-state index contributed by atoms with van der Waals surface area (Å²) in [5, 5.41) is 3.42. The largest absolute Gasteiger partial charge is 0.380 e. The summed E-state index contributed by atoms with van der Waals surface area (Å²) in [6.45, 7) is 0. The fraction of sp³-hybridized carbons (Fsp3) is 0.500. The predicted molar refractivity (Wildman–Crippen MR) is 61.9 cm³/mol. The lowest BCUT2D eigenvalue weighted by atomic mass is 9.95. The van der Waals surface area contributed by atoms with Crippen molar-refractivity contribution in [2.45, 2.75) is 38.1 Å². The summed E-state index contributed by atoms with van der Waals surface area (Å²) < 4.78 is 13.6. The van der Waals surface area contributed by atoms with Crippen LogP contribution in [-0.4, -0.2) is 6.04 Å². The average molecular weight is 228 g/mol. The fourth-order valence-corrected chi connectivity index (χ4v) is 2.26. The van der Waals surface area contributed by atoms with Gasteiger partial charge in [0.05, 0.1) is 10.7 Å². The summed E-state index contributed by atoms with van der Waals surface area (Å²) in [6.07, 6.45) is 6.04. The molecule has 0 aliphatic heterocycles. The van der Waals surface area contributed by atoms with E-state index in [4.69, 9.17) is 11.6 Å². The van der Waals surface area contributed by atoms with Gasteiger partial charge in [0.2, 0.25) is 0 Å². The first kappa shape index (κ1) is 10.7. The molecule has 0 aromatic heterocycles. The number of rotatable bonds is 2. The molecule has 1 saturated carbocycles. The molecule has 1 nitrogen and oxygen atoms in total. The van der Waals surface area contributed by atoms with Gasteiger partial charge in [-0.05, 0) is 25.0 Å². The van der Waals surface area contributed by atoms with Crippen molar-refractivity contribution in [2.24, 2.45) is 0 Å². The van der Waals surface area contributed by atoms with Crippen molar-refractivity contribution in [1.82, 2.24) is 0 Å². The zero-order chi connectivity index (χ0) is 10.7.